The number of hydrogen-bond donors (Lipinski definition) is 3. The second kappa shape index (κ2) is 11.1. The fraction of sp³-hybridized carbons (Fsp3) is 0.609. The fourth-order valence-corrected chi connectivity index (χ4v) is 4.01. The Morgan fingerprint density at radius 2 is 1.93 bits per heavy atom. The molecule has 0 radical (unpaired) electrons. The zero-order valence-corrected chi connectivity index (χ0v) is 17.9. The number of carbonyl (C=O) groups is 3. The predicted molar refractivity (Wildman–Crippen MR) is 116 cm³/mol. The SMILES string of the molecule is Cc1cccc(NCCCCCCN)c1C(=O)C(C)C(C)C1CCC(=O)NC1=O. The van der Waals surface area contributed by atoms with Crippen LogP contribution in [0.2, 0.25) is 0 Å². The summed E-state index contributed by atoms with van der Waals surface area (Å²) in [6.45, 7) is 7.31. The number of hydrogen-bond acceptors (Lipinski definition) is 5. The Bertz CT molecular complexity index is 732. The Morgan fingerprint density at radius 1 is 1.21 bits per heavy atom. The molecule has 160 valence electrons. The van der Waals surface area contributed by atoms with Gasteiger partial charge in [-0.2, -0.15) is 0 Å². The first-order valence-corrected chi connectivity index (χ1v) is 10.8. The Hall–Kier alpha value is -2.21. The molecule has 2 amide bonds. The highest BCUT2D eigenvalue weighted by atomic mass is 16.2. The summed E-state index contributed by atoms with van der Waals surface area (Å²) in [5.74, 6) is -1.20. The lowest BCUT2D eigenvalue weighted by Gasteiger charge is -2.30. The second-order valence-corrected chi connectivity index (χ2v) is 8.20. The minimum atomic E-state index is -0.315. The summed E-state index contributed by atoms with van der Waals surface area (Å²) in [4.78, 5) is 37.0. The standard InChI is InChI=1S/C23H35N3O3/c1-15-9-8-10-19(25-14-7-5-4-6-13-24)21(15)22(28)17(3)16(2)18-11-12-20(27)26-23(18)29/h8-10,16-18,25H,4-7,11-14,24H2,1-3H3,(H,26,27,29). The van der Waals surface area contributed by atoms with Gasteiger partial charge in [-0.25, -0.2) is 0 Å². The van der Waals surface area contributed by atoms with E-state index in [1.807, 2.05) is 39.0 Å². The van der Waals surface area contributed by atoms with E-state index in [0.717, 1.165) is 50.0 Å². The maximum absolute atomic E-state index is 13.4. The van der Waals surface area contributed by atoms with Crippen LogP contribution < -0.4 is 16.4 Å². The summed E-state index contributed by atoms with van der Waals surface area (Å²) in [6, 6.07) is 5.85. The molecule has 0 saturated carbocycles. The number of unbranched alkanes of at least 4 members (excludes halogenated alkanes) is 3. The van der Waals surface area contributed by atoms with E-state index in [9.17, 15) is 14.4 Å². The molecule has 1 aliphatic heterocycles. The van der Waals surface area contributed by atoms with E-state index < -0.39 is 0 Å². The molecule has 0 aromatic heterocycles. The van der Waals surface area contributed by atoms with Crippen LogP contribution in [0.4, 0.5) is 5.69 Å². The van der Waals surface area contributed by atoms with Crippen LogP contribution >= 0.6 is 0 Å². The number of carbonyl (C=O) groups excluding carboxylic acids is 3. The Balaban J connectivity index is 2.06. The molecule has 6 nitrogen and oxygen atoms in total. The van der Waals surface area contributed by atoms with Crippen LogP contribution in [0, 0.1) is 24.7 Å². The highest BCUT2D eigenvalue weighted by Gasteiger charge is 2.36. The Morgan fingerprint density at radius 3 is 2.62 bits per heavy atom. The molecule has 6 heteroatoms. The third-order valence-corrected chi connectivity index (χ3v) is 6.08. The van der Waals surface area contributed by atoms with Gasteiger partial charge in [-0.05, 0) is 50.3 Å². The predicted octanol–water partition coefficient (Wildman–Crippen LogP) is 3.43. The van der Waals surface area contributed by atoms with Crippen molar-refractivity contribution in [3.8, 4) is 0 Å². The summed E-state index contributed by atoms with van der Waals surface area (Å²) in [6.07, 6.45) is 5.16. The summed E-state index contributed by atoms with van der Waals surface area (Å²) >= 11 is 0. The maximum atomic E-state index is 13.4. The number of benzene rings is 1. The first kappa shape index (κ1) is 23.1. The van der Waals surface area contributed by atoms with E-state index in [-0.39, 0.29) is 35.4 Å². The quantitative estimate of drug-likeness (QED) is 0.300. The fourth-order valence-electron chi connectivity index (χ4n) is 4.01. The van der Waals surface area contributed by atoms with Gasteiger partial charge in [-0.3, -0.25) is 19.7 Å². The lowest BCUT2D eigenvalue weighted by molar-refractivity contribution is -0.137. The number of aryl methyl sites for hydroxylation is 1. The molecule has 0 aliphatic carbocycles. The molecule has 1 saturated heterocycles. The van der Waals surface area contributed by atoms with E-state index >= 15 is 0 Å². The maximum Gasteiger partial charge on any atom is 0.229 e. The van der Waals surface area contributed by atoms with Gasteiger partial charge in [0.05, 0.1) is 0 Å². The van der Waals surface area contributed by atoms with Crippen molar-refractivity contribution in [2.24, 2.45) is 23.5 Å². The van der Waals surface area contributed by atoms with Gasteiger partial charge in [0.1, 0.15) is 0 Å². The highest BCUT2D eigenvalue weighted by Crippen LogP contribution is 2.32. The molecular formula is C23H35N3O3. The number of nitrogens with one attached hydrogen (secondary N) is 2. The van der Waals surface area contributed by atoms with Crippen molar-refractivity contribution in [3.63, 3.8) is 0 Å². The molecule has 0 bridgehead atoms. The monoisotopic (exact) mass is 401 g/mol. The first-order chi connectivity index (χ1) is 13.9. The zero-order chi connectivity index (χ0) is 21.4. The molecule has 2 rings (SSSR count). The van der Waals surface area contributed by atoms with E-state index in [4.69, 9.17) is 5.73 Å². The molecule has 3 unspecified atom stereocenters. The average Bonchev–Trinajstić information content (AvgIpc) is 2.69. The van der Waals surface area contributed by atoms with Gasteiger partial charge in [0.25, 0.3) is 0 Å². The highest BCUT2D eigenvalue weighted by molar-refractivity contribution is 6.04. The first-order valence-electron chi connectivity index (χ1n) is 10.8. The number of imide groups is 1. The van der Waals surface area contributed by atoms with Crippen molar-refractivity contribution in [2.45, 2.75) is 59.3 Å². The van der Waals surface area contributed by atoms with Gasteiger partial charge in [0.2, 0.25) is 11.8 Å². The van der Waals surface area contributed by atoms with Crippen LogP contribution in [-0.4, -0.2) is 30.7 Å². The summed E-state index contributed by atoms with van der Waals surface area (Å²) in [5, 5.41) is 5.83. The van der Waals surface area contributed by atoms with Gasteiger partial charge in [-0.1, -0.05) is 38.8 Å². The molecule has 1 aliphatic rings. The number of anilines is 1. The summed E-state index contributed by atoms with van der Waals surface area (Å²) in [5.41, 5.74) is 8.03. The average molecular weight is 402 g/mol. The number of piperidine rings is 1. The van der Waals surface area contributed by atoms with E-state index in [1.54, 1.807) is 0 Å². The van der Waals surface area contributed by atoms with Crippen molar-refractivity contribution in [1.82, 2.24) is 5.32 Å². The molecule has 4 N–H and O–H groups in total. The van der Waals surface area contributed by atoms with Crippen molar-refractivity contribution < 1.29 is 14.4 Å². The lowest BCUT2D eigenvalue weighted by Crippen LogP contribution is -2.45. The van der Waals surface area contributed by atoms with Gasteiger partial charge in [0.15, 0.2) is 5.78 Å². The van der Waals surface area contributed by atoms with Crippen molar-refractivity contribution in [2.75, 3.05) is 18.4 Å². The van der Waals surface area contributed by atoms with Crippen LogP contribution in [0.3, 0.4) is 0 Å². The van der Waals surface area contributed by atoms with Crippen LogP contribution in [0.25, 0.3) is 0 Å². The second-order valence-electron chi connectivity index (χ2n) is 8.20. The Labute approximate surface area is 174 Å². The molecule has 1 aromatic rings. The minimum Gasteiger partial charge on any atom is -0.384 e. The molecular weight excluding hydrogens is 366 g/mol. The smallest absolute Gasteiger partial charge is 0.229 e. The molecule has 1 heterocycles. The van der Waals surface area contributed by atoms with Crippen LogP contribution in [0.15, 0.2) is 18.2 Å². The number of Topliss-reactive ketones (excluding diaryl/α,β-unsaturated/α-hetero) is 1. The lowest BCUT2D eigenvalue weighted by atomic mass is 9.76. The van der Waals surface area contributed by atoms with Gasteiger partial charge in [0, 0.05) is 36.1 Å². The van der Waals surface area contributed by atoms with Gasteiger partial charge in [-0.15, -0.1) is 0 Å². The van der Waals surface area contributed by atoms with E-state index in [2.05, 4.69) is 10.6 Å². The van der Waals surface area contributed by atoms with E-state index in [0.29, 0.717) is 18.4 Å². The van der Waals surface area contributed by atoms with Gasteiger partial charge < -0.3 is 11.1 Å². The molecule has 3 atom stereocenters. The third-order valence-electron chi connectivity index (χ3n) is 6.08. The van der Waals surface area contributed by atoms with Gasteiger partial charge >= 0.3 is 0 Å². The molecule has 29 heavy (non-hydrogen) atoms. The van der Waals surface area contributed by atoms with Crippen molar-refractivity contribution >= 4 is 23.3 Å². The number of ketones is 1. The van der Waals surface area contributed by atoms with Crippen molar-refractivity contribution in [1.29, 1.82) is 0 Å². The van der Waals surface area contributed by atoms with Crippen LogP contribution in [-0.2, 0) is 9.59 Å². The van der Waals surface area contributed by atoms with Crippen molar-refractivity contribution in [3.05, 3.63) is 29.3 Å². The molecule has 1 fully saturated rings. The van der Waals surface area contributed by atoms with Crippen LogP contribution in [0.1, 0.15) is 68.3 Å². The number of nitrogens with two attached hydrogens (primary N) is 1. The number of amides is 2. The van der Waals surface area contributed by atoms with Crippen LogP contribution in [0.5, 0.6) is 0 Å². The minimum absolute atomic E-state index is 0.0472. The zero-order valence-electron chi connectivity index (χ0n) is 17.9. The normalized spacial score (nSPS) is 18.8. The van der Waals surface area contributed by atoms with E-state index in [1.165, 1.54) is 0 Å². The summed E-state index contributed by atoms with van der Waals surface area (Å²) in [7, 11) is 0. The Kier molecular flexibility index (Phi) is 8.83. The topological polar surface area (TPSA) is 101 Å². The largest absolute Gasteiger partial charge is 0.384 e. The third kappa shape index (κ3) is 6.13. The molecule has 1 aromatic carbocycles. The number of rotatable bonds is 11. The molecule has 0 spiro atoms. The summed E-state index contributed by atoms with van der Waals surface area (Å²) < 4.78 is 0.